The second kappa shape index (κ2) is 5.44. The van der Waals surface area contributed by atoms with Crippen LogP contribution in [0.15, 0.2) is 35.1 Å². The number of fused-ring (bicyclic) bond motifs is 1. The molecule has 0 spiro atoms. The molecule has 5 nitrogen and oxygen atoms in total. The number of carbonyl (C=O) groups excluding carboxylic acids is 1. The van der Waals surface area contributed by atoms with Crippen molar-refractivity contribution in [2.24, 2.45) is 0 Å². The molecule has 0 radical (unpaired) electrons. The van der Waals surface area contributed by atoms with Crippen LogP contribution in [0, 0.1) is 6.92 Å². The molecular formula is C15H15BrN4O. The van der Waals surface area contributed by atoms with Gasteiger partial charge in [-0.25, -0.2) is 4.52 Å². The summed E-state index contributed by atoms with van der Waals surface area (Å²) < 4.78 is 4.49. The van der Waals surface area contributed by atoms with E-state index >= 15 is 0 Å². The van der Waals surface area contributed by atoms with E-state index in [1.165, 1.54) is 0 Å². The minimum absolute atomic E-state index is 0.0477. The number of ketones is 1. The monoisotopic (exact) mass is 346 g/mol. The third-order valence-corrected chi connectivity index (χ3v) is 4.54. The van der Waals surface area contributed by atoms with Crippen LogP contribution in [0.1, 0.15) is 28.7 Å². The summed E-state index contributed by atoms with van der Waals surface area (Å²) in [5.41, 5.74) is 3.29. The zero-order valence-corrected chi connectivity index (χ0v) is 13.5. The summed E-state index contributed by atoms with van der Waals surface area (Å²) in [4.78, 5) is 12.6. The molecule has 0 bridgehead atoms. The van der Waals surface area contributed by atoms with Gasteiger partial charge >= 0.3 is 0 Å². The Morgan fingerprint density at radius 1 is 1.38 bits per heavy atom. The Kier molecular flexibility index (Phi) is 3.63. The van der Waals surface area contributed by atoms with Crippen LogP contribution in [0.3, 0.4) is 0 Å². The van der Waals surface area contributed by atoms with Gasteiger partial charge in [-0.2, -0.15) is 10.2 Å². The number of aromatic nitrogens is 4. The maximum absolute atomic E-state index is 12.6. The third kappa shape index (κ3) is 2.40. The maximum atomic E-state index is 12.6. The van der Waals surface area contributed by atoms with E-state index in [1.807, 2.05) is 42.9 Å². The number of carbonyl (C=O) groups is 1. The van der Waals surface area contributed by atoms with Crippen LogP contribution in [0.2, 0.25) is 0 Å². The van der Waals surface area contributed by atoms with Crippen molar-refractivity contribution in [3.63, 3.8) is 0 Å². The summed E-state index contributed by atoms with van der Waals surface area (Å²) in [5, 5.41) is 8.64. The van der Waals surface area contributed by atoms with E-state index < -0.39 is 0 Å². The fraction of sp³-hybridized carbons (Fsp3) is 0.267. The van der Waals surface area contributed by atoms with Crippen LogP contribution in [0.5, 0.6) is 0 Å². The Balaban J connectivity index is 1.97. The predicted octanol–water partition coefficient (Wildman–Crippen LogP) is 3.05. The lowest BCUT2D eigenvalue weighted by Gasteiger charge is -2.04. The third-order valence-electron chi connectivity index (χ3n) is 3.51. The molecule has 0 aliphatic rings. The van der Waals surface area contributed by atoms with Crippen molar-refractivity contribution < 1.29 is 4.79 Å². The van der Waals surface area contributed by atoms with Crippen LogP contribution >= 0.6 is 15.9 Å². The first-order valence-electron chi connectivity index (χ1n) is 6.79. The molecule has 0 fully saturated rings. The van der Waals surface area contributed by atoms with Crippen molar-refractivity contribution in [2.75, 3.05) is 0 Å². The molecule has 0 atom stereocenters. The Labute approximate surface area is 130 Å². The highest BCUT2D eigenvalue weighted by atomic mass is 79.9. The van der Waals surface area contributed by atoms with Gasteiger partial charge < -0.3 is 0 Å². The van der Waals surface area contributed by atoms with E-state index in [0.29, 0.717) is 12.0 Å². The molecule has 3 heterocycles. The van der Waals surface area contributed by atoms with Crippen molar-refractivity contribution in [1.29, 1.82) is 0 Å². The van der Waals surface area contributed by atoms with Gasteiger partial charge in [-0.3, -0.25) is 9.48 Å². The average molecular weight is 347 g/mol. The molecule has 0 aliphatic heterocycles. The highest BCUT2D eigenvalue weighted by molar-refractivity contribution is 9.10. The molecule has 0 amide bonds. The number of rotatable bonds is 4. The standard InChI is InChI=1S/C15H15BrN4O/c1-3-19-13(15(16)10(2)18-19)8-14(21)11-9-17-20-7-5-4-6-12(11)20/h4-7,9H,3,8H2,1-2H3. The summed E-state index contributed by atoms with van der Waals surface area (Å²) in [6.07, 6.45) is 3.78. The lowest BCUT2D eigenvalue weighted by molar-refractivity contribution is 0.0992. The van der Waals surface area contributed by atoms with E-state index in [1.54, 1.807) is 10.7 Å². The lowest BCUT2D eigenvalue weighted by Crippen LogP contribution is -2.10. The van der Waals surface area contributed by atoms with E-state index in [9.17, 15) is 4.79 Å². The molecule has 21 heavy (non-hydrogen) atoms. The normalized spacial score (nSPS) is 11.2. The van der Waals surface area contributed by atoms with Gasteiger partial charge in [-0.1, -0.05) is 6.07 Å². The quantitative estimate of drug-likeness (QED) is 0.682. The van der Waals surface area contributed by atoms with E-state index in [-0.39, 0.29) is 5.78 Å². The van der Waals surface area contributed by atoms with Gasteiger partial charge in [0, 0.05) is 12.7 Å². The molecule has 0 N–H and O–H groups in total. The smallest absolute Gasteiger partial charge is 0.172 e. The summed E-state index contributed by atoms with van der Waals surface area (Å²) in [6.45, 7) is 4.69. The van der Waals surface area contributed by atoms with Crippen LogP contribution in [0.4, 0.5) is 0 Å². The molecule has 0 aliphatic carbocycles. The number of halogens is 1. The number of Topliss-reactive ketones (excluding diaryl/α,β-unsaturated/α-hetero) is 1. The summed E-state index contributed by atoms with van der Waals surface area (Å²) in [6, 6.07) is 5.70. The van der Waals surface area contributed by atoms with E-state index in [4.69, 9.17) is 0 Å². The molecule has 0 unspecified atom stereocenters. The topological polar surface area (TPSA) is 52.2 Å². The lowest BCUT2D eigenvalue weighted by atomic mass is 10.1. The fourth-order valence-electron chi connectivity index (χ4n) is 2.43. The summed E-state index contributed by atoms with van der Waals surface area (Å²) >= 11 is 3.53. The SMILES string of the molecule is CCn1nc(C)c(Br)c1CC(=O)c1cnn2ccccc12. The first-order chi connectivity index (χ1) is 10.1. The van der Waals surface area contributed by atoms with E-state index in [0.717, 1.165) is 27.9 Å². The average Bonchev–Trinajstić information content (AvgIpc) is 3.03. The first kappa shape index (κ1) is 14.0. The molecule has 0 saturated carbocycles. The molecule has 0 aromatic carbocycles. The maximum Gasteiger partial charge on any atom is 0.172 e. The Hall–Kier alpha value is -1.95. The van der Waals surface area contributed by atoms with Crippen LogP contribution in [-0.4, -0.2) is 25.2 Å². The number of pyridine rings is 1. The highest BCUT2D eigenvalue weighted by Crippen LogP contribution is 2.23. The molecule has 6 heteroatoms. The number of hydrogen-bond donors (Lipinski definition) is 0. The minimum atomic E-state index is 0.0477. The van der Waals surface area contributed by atoms with Crippen molar-refractivity contribution in [2.45, 2.75) is 26.8 Å². The van der Waals surface area contributed by atoms with Gasteiger partial charge in [0.15, 0.2) is 5.78 Å². The number of aryl methyl sites for hydroxylation is 2. The summed E-state index contributed by atoms with van der Waals surface area (Å²) in [5.74, 6) is 0.0477. The number of nitrogens with zero attached hydrogens (tertiary/aromatic N) is 4. The van der Waals surface area contributed by atoms with Crippen LogP contribution in [0.25, 0.3) is 5.52 Å². The van der Waals surface area contributed by atoms with Crippen LogP contribution < -0.4 is 0 Å². The van der Waals surface area contributed by atoms with Gasteiger partial charge in [0.05, 0.1) is 39.6 Å². The van der Waals surface area contributed by atoms with Gasteiger partial charge in [0.2, 0.25) is 0 Å². The molecule has 108 valence electrons. The van der Waals surface area contributed by atoms with Crippen molar-refractivity contribution in [1.82, 2.24) is 19.4 Å². The van der Waals surface area contributed by atoms with Crippen LogP contribution in [-0.2, 0) is 13.0 Å². The molecule has 3 aromatic rings. The van der Waals surface area contributed by atoms with Gasteiger partial charge in [0.25, 0.3) is 0 Å². The van der Waals surface area contributed by atoms with Gasteiger partial charge in [0.1, 0.15) is 0 Å². The number of hydrogen-bond acceptors (Lipinski definition) is 3. The van der Waals surface area contributed by atoms with Crippen molar-refractivity contribution in [3.05, 3.63) is 52.0 Å². The van der Waals surface area contributed by atoms with Gasteiger partial charge in [-0.15, -0.1) is 0 Å². The zero-order valence-electron chi connectivity index (χ0n) is 11.9. The second-order valence-electron chi connectivity index (χ2n) is 4.85. The highest BCUT2D eigenvalue weighted by Gasteiger charge is 2.19. The van der Waals surface area contributed by atoms with Crippen molar-refractivity contribution >= 4 is 27.2 Å². The zero-order chi connectivity index (χ0) is 15.0. The second-order valence-corrected chi connectivity index (χ2v) is 5.64. The van der Waals surface area contributed by atoms with Gasteiger partial charge in [-0.05, 0) is 41.9 Å². The molecular weight excluding hydrogens is 332 g/mol. The summed E-state index contributed by atoms with van der Waals surface area (Å²) in [7, 11) is 0. The Morgan fingerprint density at radius 3 is 2.95 bits per heavy atom. The van der Waals surface area contributed by atoms with E-state index in [2.05, 4.69) is 26.1 Å². The molecule has 3 rings (SSSR count). The Bertz CT molecular complexity index is 818. The largest absolute Gasteiger partial charge is 0.294 e. The minimum Gasteiger partial charge on any atom is -0.294 e. The molecule has 0 saturated heterocycles. The van der Waals surface area contributed by atoms with Crippen molar-refractivity contribution in [3.8, 4) is 0 Å². The Morgan fingerprint density at radius 2 is 2.19 bits per heavy atom. The first-order valence-corrected chi connectivity index (χ1v) is 7.58. The molecule has 3 aromatic heterocycles. The predicted molar refractivity (Wildman–Crippen MR) is 83.6 cm³/mol. The fourth-order valence-corrected chi connectivity index (χ4v) is 2.86.